The molecule has 0 fully saturated rings. The zero-order valence-electron chi connectivity index (χ0n) is 6.74. The second-order valence-corrected chi connectivity index (χ2v) is 3.54. The lowest BCUT2D eigenvalue weighted by molar-refractivity contribution is 0.663. The Morgan fingerprint density at radius 1 is 1.70 bits per heavy atom. The maximum atomic E-state index is 3.44. The number of alkyl halides is 1. The van der Waals surface area contributed by atoms with Crippen LogP contribution in [0.15, 0.2) is 11.8 Å². The SMILES string of the molecule is CC/C(=C\[C@H](C)Br)NNC. The fourth-order valence-corrected chi connectivity index (χ4v) is 1.00. The van der Waals surface area contributed by atoms with Crippen molar-refractivity contribution < 1.29 is 0 Å². The molecule has 0 bridgehead atoms. The summed E-state index contributed by atoms with van der Waals surface area (Å²) in [6.45, 7) is 4.21. The molecule has 0 unspecified atom stereocenters. The van der Waals surface area contributed by atoms with Gasteiger partial charge in [-0.15, -0.1) is 0 Å². The van der Waals surface area contributed by atoms with E-state index in [1.54, 1.807) is 0 Å². The molecule has 1 atom stereocenters. The summed E-state index contributed by atoms with van der Waals surface area (Å²) in [4.78, 5) is 0.434. The van der Waals surface area contributed by atoms with Gasteiger partial charge in [-0.2, -0.15) is 0 Å². The molecule has 0 aliphatic heterocycles. The van der Waals surface area contributed by atoms with Crippen molar-refractivity contribution in [3.8, 4) is 0 Å². The van der Waals surface area contributed by atoms with Gasteiger partial charge in [-0.05, 0) is 13.3 Å². The number of hydrogen-bond acceptors (Lipinski definition) is 2. The molecular weight excluding hydrogens is 192 g/mol. The molecule has 3 heteroatoms. The van der Waals surface area contributed by atoms with Crippen LogP contribution < -0.4 is 10.9 Å². The second kappa shape index (κ2) is 5.74. The van der Waals surface area contributed by atoms with Gasteiger partial charge in [0, 0.05) is 17.6 Å². The molecule has 0 aliphatic rings. The van der Waals surface area contributed by atoms with Crippen molar-refractivity contribution in [2.75, 3.05) is 7.05 Å². The van der Waals surface area contributed by atoms with Gasteiger partial charge in [0.05, 0.1) is 0 Å². The Bertz CT molecular complexity index is 110. The van der Waals surface area contributed by atoms with Crippen molar-refractivity contribution in [3.63, 3.8) is 0 Å². The molecule has 0 saturated heterocycles. The molecule has 0 saturated carbocycles. The monoisotopic (exact) mass is 206 g/mol. The molecule has 60 valence electrons. The van der Waals surface area contributed by atoms with Crippen molar-refractivity contribution in [1.82, 2.24) is 10.9 Å². The van der Waals surface area contributed by atoms with Crippen LogP contribution in [0.2, 0.25) is 0 Å². The minimum atomic E-state index is 0.434. The summed E-state index contributed by atoms with van der Waals surface area (Å²) in [5.74, 6) is 0. The van der Waals surface area contributed by atoms with Crippen LogP contribution in [0, 0.1) is 0 Å². The lowest BCUT2D eigenvalue weighted by Gasteiger charge is -2.07. The van der Waals surface area contributed by atoms with E-state index in [2.05, 4.69) is 46.7 Å². The quantitative estimate of drug-likeness (QED) is 0.542. The predicted molar refractivity (Wildman–Crippen MR) is 49.0 cm³/mol. The van der Waals surface area contributed by atoms with Gasteiger partial charge in [0.25, 0.3) is 0 Å². The maximum Gasteiger partial charge on any atom is 0.0317 e. The minimum Gasteiger partial charge on any atom is -0.326 e. The molecule has 10 heavy (non-hydrogen) atoms. The molecule has 0 aromatic carbocycles. The first-order valence-corrected chi connectivity index (χ1v) is 4.39. The summed E-state index contributed by atoms with van der Waals surface area (Å²) in [7, 11) is 1.86. The average Bonchev–Trinajstić information content (AvgIpc) is 1.86. The smallest absolute Gasteiger partial charge is 0.0317 e. The number of rotatable bonds is 4. The number of hydrazine groups is 1. The third-order valence-electron chi connectivity index (χ3n) is 1.10. The van der Waals surface area contributed by atoms with Gasteiger partial charge in [0.2, 0.25) is 0 Å². The lowest BCUT2D eigenvalue weighted by Crippen LogP contribution is -2.26. The standard InChI is InChI=1S/C7H15BrN2/c1-4-7(10-9-3)5-6(2)8/h5-6,9-10H,4H2,1-3H3/b7-5+/t6-/m0/s1. The molecule has 2 N–H and O–H groups in total. The first kappa shape index (κ1) is 9.98. The highest BCUT2D eigenvalue weighted by Gasteiger charge is 1.93. The molecule has 0 radical (unpaired) electrons. The number of allylic oxidation sites excluding steroid dienone is 2. The lowest BCUT2D eigenvalue weighted by atomic mass is 10.3. The van der Waals surface area contributed by atoms with E-state index in [1.807, 2.05) is 7.05 Å². The third kappa shape index (κ3) is 4.82. The molecule has 0 aromatic rings. The molecular formula is C7H15BrN2. The number of halogens is 1. The van der Waals surface area contributed by atoms with Gasteiger partial charge in [-0.3, -0.25) is 0 Å². The van der Waals surface area contributed by atoms with E-state index in [1.165, 1.54) is 5.70 Å². The van der Waals surface area contributed by atoms with Gasteiger partial charge >= 0.3 is 0 Å². The van der Waals surface area contributed by atoms with Crippen LogP contribution in [0.1, 0.15) is 20.3 Å². The van der Waals surface area contributed by atoms with E-state index < -0.39 is 0 Å². The average molecular weight is 207 g/mol. The Morgan fingerprint density at radius 3 is 2.60 bits per heavy atom. The van der Waals surface area contributed by atoms with Crippen molar-refractivity contribution in [2.24, 2.45) is 0 Å². The number of hydrogen-bond donors (Lipinski definition) is 2. The first-order valence-electron chi connectivity index (χ1n) is 3.48. The predicted octanol–water partition coefficient (Wildman–Crippen LogP) is 1.79. The van der Waals surface area contributed by atoms with Gasteiger partial charge in [0.1, 0.15) is 0 Å². The Labute approximate surface area is 71.2 Å². The van der Waals surface area contributed by atoms with Crippen LogP contribution in [0.4, 0.5) is 0 Å². The minimum absolute atomic E-state index is 0.434. The first-order chi connectivity index (χ1) is 4.70. The van der Waals surface area contributed by atoms with Crippen LogP contribution in [0.3, 0.4) is 0 Å². The van der Waals surface area contributed by atoms with Crippen LogP contribution >= 0.6 is 15.9 Å². The van der Waals surface area contributed by atoms with Gasteiger partial charge in [-0.25, -0.2) is 5.43 Å². The maximum absolute atomic E-state index is 3.44. The van der Waals surface area contributed by atoms with Crippen molar-refractivity contribution in [3.05, 3.63) is 11.8 Å². The summed E-state index contributed by atoms with van der Waals surface area (Å²) in [5.41, 5.74) is 7.14. The zero-order chi connectivity index (χ0) is 7.98. The highest BCUT2D eigenvalue weighted by molar-refractivity contribution is 9.09. The fourth-order valence-electron chi connectivity index (χ4n) is 0.686. The van der Waals surface area contributed by atoms with Crippen molar-refractivity contribution in [1.29, 1.82) is 0 Å². The summed E-state index contributed by atoms with van der Waals surface area (Å²) in [6.07, 6.45) is 3.16. The molecule has 0 rings (SSSR count). The van der Waals surface area contributed by atoms with Gasteiger partial charge in [0.15, 0.2) is 0 Å². The largest absolute Gasteiger partial charge is 0.326 e. The van der Waals surface area contributed by atoms with E-state index >= 15 is 0 Å². The van der Waals surface area contributed by atoms with Crippen LogP contribution in [-0.2, 0) is 0 Å². The topological polar surface area (TPSA) is 24.1 Å². The van der Waals surface area contributed by atoms with Crippen molar-refractivity contribution in [2.45, 2.75) is 25.1 Å². The van der Waals surface area contributed by atoms with Gasteiger partial charge < -0.3 is 5.43 Å². The zero-order valence-corrected chi connectivity index (χ0v) is 8.33. The van der Waals surface area contributed by atoms with Gasteiger partial charge in [-0.1, -0.05) is 28.9 Å². The Kier molecular flexibility index (Phi) is 5.73. The highest BCUT2D eigenvalue weighted by atomic mass is 79.9. The number of nitrogens with one attached hydrogen (secondary N) is 2. The molecule has 0 aromatic heterocycles. The van der Waals surface area contributed by atoms with E-state index in [-0.39, 0.29) is 0 Å². The summed E-state index contributed by atoms with van der Waals surface area (Å²) in [5, 5.41) is 0. The van der Waals surface area contributed by atoms with Crippen LogP contribution in [-0.4, -0.2) is 11.9 Å². The van der Waals surface area contributed by atoms with E-state index in [4.69, 9.17) is 0 Å². The fraction of sp³-hybridized carbons (Fsp3) is 0.714. The molecule has 2 nitrogen and oxygen atoms in total. The molecule has 0 amide bonds. The summed E-state index contributed by atoms with van der Waals surface area (Å²) >= 11 is 3.44. The third-order valence-corrected chi connectivity index (χ3v) is 1.36. The molecule has 0 spiro atoms. The second-order valence-electron chi connectivity index (χ2n) is 2.10. The summed E-state index contributed by atoms with van der Waals surface area (Å²) in [6, 6.07) is 0. The highest BCUT2D eigenvalue weighted by Crippen LogP contribution is 2.03. The van der Waals surface area contributed by atoms with Crippen LogP contribution in [0.5, 0.6) is 0 Å². The van der Waals surface area contributed by atoms with E-state index in [0.717, 1.165) is 6.42 Å². The molecule has 0 heterocycles. The summed E-state index contributed by atoms with van der Waals surface area (Å²) < 4.78 is 0. The van der Waals surface area contributed by atoms with Crippen molar-refractivity contribution >= 4 is 15.9 Å². The Balaban J connectivity index is 3.78. The normalized spacial score (nSPS) is 15.0. The Morgan fingerprint density at radius 2 is 2.30 bits per heavy atom. The Hall–Kier alpha value is -0.0200. The van der Waals surface area contributed by atoms with Crippen LogP contribution in [0.25, 0.3) is 0 Å². The van der Waals surface area contributed by atoms with E-state index in [0.29, 0.717) is 4.83 Å². The van der Waals surface area contributed by atoms with E-state index in [9.17, 15) is 0 Å². The molecule has 0 aliphatic carbocycles.